The molecule has 0 aliphatic heterocycles. The van der Waals surface area contributed by atoms with Crippen molar-refractivity contribution in [3.05, 3.63) is 76.4 Å². The Morgan fingerprint density at radius 3 is 2.09 bits per heavy atom. The summed E-state index contributed by atoms with van der Waals surface area (Å²) in [6.07, 6.45) is 0. The molecule has 4 heteroatoms. The quantitative estimate of drug-likeness (QED) is 0.645. The van der Waals surface area contributed by atoms with Crippen molar-refractivity contribution >= 4 is 17.3 Å². The minimum absolute atomic E-state index is 0.0850. The largest absolute Gasteiger partial charge is 0.496 e. The molecule has 3 rings (SSSR count). The van der Waals surface area contributed by atoms with Crippen LogP contribution in [0.4, 0.5) is 0 Å². The van der Waals surface area contributed by atoms with Crippen LogP contribution in [0.3, 0.4) is 0 Å². The minimum Gasteiger partial charge on any atom is -0.496 e. The Balaban J connectivity index is 2.16. The third-order valence-corrected chi connectivity index (χ3v) is 3.94. The molecule has 0 atom stereocenters. The lowest BCUT2D eigenvalue weighted by Gasteiger charge is -2.18. The van der Waals surface area contributed by atoms with Crippen LogP contribution in [0.1, 0.15) is 38.0 Å². The summed E-state index contributed by atoms with van der Waals surface area (Å²) < 4.78 is 5.18. The highest BCUT2D eigenvalue weighted by atomic mass is 16.5. The number of hydrogen-bond acceptors (Lipinski definition) is 4. The van der Waals surface area contributed by atoms with Gasteiger partial charge in [-0.1, -0.05) is 36.4 Å². The zero-order valence-electron chi connectivity index (χ0n) is 12.8. The second-order valence-corrected chi connectivity index (χ2v) is 5.23. The van der Waals surface area contributed by atoms with E-state index in [-0.39, 0.29) is 28.1 Å². The van der Waals surface area contributed by atoms with E-state index in [4.69, 9.17) is 4.74 Å². The van der Waals surface area contributed by atoms with Crippen LogP contribution < -0.4 is 4.74 Å². The molecule has 4 nitrogen and oxygen atoms in total. The maximum atomic E-state index is 12.8. The van der Waals surface area contributed by atoms with Crippen molar-refractivity contribution in [2.75, 3.05) is 7.11 Å². The minimum atomic E-state index is -0.493. The average molecular weight is 306 g/mol. The summed E-state index contributed by atoms with van der Waals surface area (Å²) in [5.74, 6) is -0.836. The van der Waals surface area contributed by atoms with Gasteiger partial charge in [0, 0.05) is 16.7 Å². The summed E-state index contributed by atoms with van der Waals surface area (Å²) in [5, 5.41) is 0. The van der Waals surface area contributed by atoms with Gasteiger partial charge < -0.3 is 4.74 Å². The molecule has 2 aromatic rings. The normalized spacial score (nSPS) is 13.8. The molecule has 0 fully saturated rings. The fraction of sp³-hybridized carbons (Fsp3) is 0.105. The standard InChI is InChI=1S/C19H14O4/c1-11-16(19(22)14-9-5-6-10-15(14)23-2)18(21)13-8-4-3-7-12(13)17(11)20/h3-10H,1-2H3. The highest BCUT2D eigenvalue weighted by Gasteiger charge is 2.34. The van der Waals surface area contributed by atoms with Crippen LogP contribution in [-0.4, -0.2) is 24.5 Å². The van der Waals surface area contributed by atoms with E-state index in [0.717, 1.165) is 0 Å². The van der Waals surface area contributed by atoms with Gasteiger partial charge >= 0.3 is 0 Å². The second kappa shape index (κ2) is 5.65. The number of methoxy groups -OCH3 is 1. The molecular formula is C19H14O4. The third-order valence-electron chi connectivity index (χ3n) is 3.94. The molecule has 114 valence electrons. The van der Waals surface area contributed by atoms with Crippen molar-refractivity contribution in [2.24, 2.45) is 0 Å². The maximum absolute atomic E-state index is 12.8. The first-order chi connectivity index (χ1) is 11.1. The number of allylic oxidation sites excluding steroid dienone is 2. The number of Topliss-reactive ketones (excluding diaryl/α,β-unsaturated/α-hetero) is 3. The van der Waals surface area contributed by atoms with Crippen LogP contribution in [0.15, 0.2) is 59.7 Å². The molecule has 0 saturated heterocycles. The highest BCUT2D eigenvalue weighted by molar-refractivity contribution is 6.39. The first kappa shape index (κ1) is 14.9. The smallest absolute Gasteiger partial charge is 0.201 e. The second-order valence-electron chi connectivity index (χ2n) is 5.23. The molecule has 0 N–H and O–H groups in total. The zero-order chi connectivity index (χ0) is 16.6. The van der Waals surface area contributed by atoms with Crippen molar-refractivity contribution < 1.29 is 19.1 Å². The monoisotopic (exact) mass is 306 g/mol. The predicted molar refractivity (Wildman–Crippen MR) is 85.1 cm³/mol. The highest BCUT2D eigenvalue weighted by Crippen LogP contribution is 2.30. The molecule has 0 radical (unpaired) electrons. The Bertz CT molecular complexity index is 874. The van der Waals surface area contributed by atoms with Crippen LogP contribution >= 0.6 is 0 Å². The number of carbonyl (C=O) groups excluding carboxylic acids is 3. The summed E-state index contributed by atoms with van der Waals surface area (Å²) in [5.41, 5.74) is 0.959. The van der Waals surface area contributed by atoms with Crippen molar-refractivity contribution in [3.63, 3.8) is 0 Å². The van der Waals surface area contributed by atoms with E-state index in [1.54, 1.807) is 48.5 Å². The number of fused-ring (bicyclic) bond motifs is 1. The fourth-order valence-electron chi connectivity index (χ4n) is 2.74. The Hall–Kier alpha value is -3.01. The van der Waals surface area contributed by atoms with Crippen molar-refractivity contribution in [3.8, 4) is 5.75 Å². The van der Waals surface area contributed by atoms with Gasteiger partial charge in [-0.3, -0.25) is 14.4 Å². The maximum Gasteiger partial charge on any atom is 0.201 e. The molecule has 2 aromatic carbocycles. The lowest BCUT2D eigenvalue weighted by Crippen LogP contribution is -2.25. The Morgan fingerprint density at radius 2 is 1.43 bits per heavy atom. The average Bonchev–Trinajstić information content (AvgIpc) is 2.59. The zero-order valence-corrected chi connectivity index (χ0v) is 12.8. The predicted octanol–water partition coefficient (Wildman–Crippen LogP) is 3.27. The van der Waals surface area contributed by atoms with Crippen LogP contribution in [0.2, 0.25) is 0 Å². The topological polar surface area (TPSA) is 60.4 Å². The van der Waals surface area contributed by atoms with Gasteiger partial charge in [0.25, 0.3) is 0 Å². The number of rotatable bonds is 3. The molecule has 0 spiro atoms. The fourth-order valence-corrected chi connectivity index (χ4v) is 2.74. The molecule has 0 bridgehead atoms. The van der Waals surface area contributed by atoms with Gasteiger partial charge in [-0.2, -0.15) is 0 Å². The van der Waals surface area contributed by atoms with E-state index >= 15 is 0 Å². The Labute approximate surface area is 133 Å². The molecule has 1 aliphatic carbocycles. The third kappa shape index (κ3) is 2.28. The SMILES string of the molecule is COc1ccccc1C(=O)C1=C(C)C(=O)c2ccccc2C1=O. The summed E-state index contributed by atoms with van der Waals surface area (Å²) in [7, 11) is 1.45. The van der Waals surface area contributed by atoms with Gasteiger partial charge in [-0.25, -0.2) is 0 Å². The number of ether oxygens (including phenoxy) is 1. The van der Waals surface area contributed by atoms with Crippen LogP contribution in [0.25, 0.3) is 0 Å². The van der Waals surface area contributed by atoms with E-state index < -0.39 is 11.6 Å². The Kier molecular flexibility index (Phi) is 3.66. The summed E-state index contributed by atoms with van der Waals surface area (Å²) in [6, 6.07) is 13.2. The van der Waals surface area contributed by atoms with Crippen molar-refractivity contribution in [1.82, 2.24) is 0 Å². The van der Waals surface area contributed by atoms with Crippen LogP contribution in [0.5, 0.6) is 5.75 Å². The first-order valence-electron chi connectivity index (χ1n) is 7.13. The molecular weight excluding hydrogens is 292 g/mol. The van der Waals surface area contributed by atoms with Crippen molar-refractivity contribution in [2.45, 2.75) is 6.92 Å². The van der Waals surface area contributed by atoms with Gasteiger partial charge in [0.1, 0.15) is 5.75 Å². The van der Waals surface area contributed by atoms with Crippen LogP contribution in [0, 0.1) is 0 Å². The van der Waals surface area contributed by atoms with E-state index in [1.807, 2.05) is 0 Å². The van der Waals surface area contributed by atoms with E-state index in [9.17, 15) is 14.4 Å². The molecule has 0 unspecified atom stereocenters. The lowest BCUT2D eigenvalue weighted by molar-refractivity contribution is 0.0926. The summed E-state index contributed by atoms with van der Waals surface area (Å²) >= 11 is 0. The number of carbonyl (C=O) groups is 3. The van der Waals surface area contributed by atoms with Gasteiger partial charge in [-0.15, -0.1) is 0 Å². The van der Waals surface area contributed by atoms with Crippen molar-refractivity contribution in [1.29, 1.82) is 0 Å². The lowest BCUT2D eigenvalue weighted by atomic mass is 9.81. The summed E-state index contributed by atoms with van der Waals surface area (Å²) in [4.78, 5) is 38.0. The van der Waals surface area contributed by atoms with Gasteiger partial charge in [0.05, 0.1) is 18.2 Å². The van der Waals surface area contributed by atoms with Crippen LogP contribution in [-0.2, 0) is 0 Å². The number of hydrogen-bond donors (Lipinski definition) is 0. The number of ketones is 3. The Morgan fingerprint density at radius 1 is 0.870 bits per heavy atom. The molecule has 0 heterocycles. The van der Waals surface area contributed by atoms with E-state index in [0.29, 0.717) is 11.3 Å². The molecule has 23 heavy (non-hydrogen) atoms. The molecule has 0 amide bonds. The number of para-hydroxylation sites is 1. The summed E-state index contributed by atoms with van der Waals surface area (Å²) in [6.45, 7) is 1.51. The first-order valence-corrected chi connectivity index (χ1v) is 7.13. The van der Waals surface area contributed by atoms with E-state index in [2.05, 4.69) is 0 Å². The van der Waals surface area contributed by atoms with Gasteiger partial charge in [0.15, 0.2) is 11.6 Å². The molecule has 0 aromatic heterocycles. The number of benzene rings is 2. The van der Waals surface area contributed by atoms with Gasteiger partial charge in [0.2, 0.25) is 5.78 Å². The van der Waals surface area contributed by atoms with Gasteiger partial charge in [-0.05, 0) is 19.1 Å². The molecule has 0 saturated carbocycles. The van der Waals surface area contributed by atoms with E-state index in [1.165, 1.54) is 14.0 Å². The molecule has 1 aliphatic rings.